The zero-order chi connectivity index (χ0) is 12.3. The van der Waals surface area contributed by atoms with Gasteiger partial charge in [0.2, 0.25) is 0 Å². The normalized spacial score (nSPS) is 17.2. The van der Waals surface area contributed by atoms with Gasteiger partial charge in [0, 0.05) is 47.9 Å². The molecule has 1 saturated heterocycles. The topological polar surface area (TPSA) is 19.4 Å². The van der Waals surface area contributed by atoms with Crippen molar-refractivity contribution in [3.05, 3.63) is 33.9 Å². The molecule has 2 heterocycles. The Labute approximate surface area is 119 Å². The van der Waals surface area contributed by atoms with Gasteiger partial charge in [0.05, 0.1) is 0 Å². The quantitative estimate of drug-likeness (QED) is 0.826. The van der Waals surface area contributed by atoms with E-state index in [0.717, 1.165) is 47.5 Å². The molecule has 1 aromatic rings. The third-order valence-corrected chi connectivity index (χ3v) is 3.52. The van der Waals surface area contributed by atoms with Crippen LogP contribution in [0.15, 0.2) is 33.9 Å². The van der Waals surface area contributed by atoms with E-state index < -0.39 is 0 Å². The molecule has 0 unspecified atom stereocenters. The van der Waals surface area contributed by atoms with Crippen molar-refractivity contribution in [2.75, 3.05) is 37.6 Å². The number of halogens is 2. The van der Waals surface area contributed by atoms with Crippen molar-refractivity contribution in [1.29, 1.82) is 0 Å². The van der Waals surface area contributed by atoms with E-state index in [0.29, 0.717) is 0 Å². The maximum absolute atomic E-state index is 4.42. The van der Waals surface area contributed by atoms with Gasteiger partial charge in [-0.2, -0.15) is 0 Å². The predicted octanol–water partition coefficient (Wildman–Crippen LogP) is 2.87. The highest BCUT2D eigenvalue weighted by Crippen LogP contribution is 2.17. The molecule has 1 aliphatic heterocycles. The Morgan fingerprint density at radius 3 is 2.53 bits per heavy atom. The summed E-state index contributed by atoms with van der Waals surface area (Å²) in [6.07, 6.45) is 1.85. The standard InChI is InChI=1S/C12H15Br2N3/c1-10(13)9-16-4-6-17(7-5-16)12-3-2-11(14)8-15-12/h2-3,8H,1,4-7,9H2. The maximum atomic E-state index is 4.42. The molecule has 0 atom stereocenters. The molecule has 1 aliphatic rings. The minimum atomic E-state index is 0.932. The second-order valence-electron chi connectivity index (χ2n) is 4.12. The van der Waals surface area contributed by atoms with Crippen LogP contribution in [0.4, 0.5) is 5.82 Å². The van der Waals surface area contributed by atoms with Crippen LogP contribution in [0.25, 0.3) is 0 Å². The van der Waals surface area contributed by atoms with Crippen LogP contribution in [0.2, 0.25) is 0 Å². The number of anilines is 1. The summed E-state index contributed by atoms with van der Waals surface area (Å²) in [5, 5.41) is 0. The summed E-state index contributed by atoms with van der Waals surface area (Å²) in [5.74, 6) is 1.06. The van der Waals surface area contributed by atoms with Crippen molar-refractivity contribution in [3.8, 4) is 0 Å². The average Bonchev–Trinajstić information content (AvgIpc) is 2.30. The molecule has 0 amide bonds. The zero-order valence-electron chi connectivity index (χ0n) is 9.57. The van der Waals surface area contributed by atoms with E-state index in [1.807, 2.05) is 12.3 Å². The SMILES string of the molecule is C=C(Br)CN1CCN(c2ccc(Br)cn2)CC1. The van der Waals surface area contributed by atoms with Crippen molar-refractivity contribution in [1.82, 2.24) is 9.88 Å². The fraction of sp³-hybridized carbons (Fsp3) is 0.417. The van der Waals surface area contributed by atoms with E-state index >= 15 is 0 Å². The van der Waals surface area contributed by atoms with Crippen LogP contribution >= 0.6 is 31.9 Å². The highest BCUT2D eigenvalue weighted by molar-refractivity contribution is 9.11. The number of hydrogen-bond donors (Lipinski definition) is 0. The molecule has 2 rings (SSSR count). The van der Waals surface area contributed by atoms with Crippen LogP contribution in [0.3, 0.4) is 0 Å². The molecule has 3 nitrogen and oxygen atoms in total. The number of pyridine rings is 1. The number of piperazine rings is 1. The Hall–Kier alpha value is -0.390. The Kier molecular flexibility index (Phi) is 4.59. The van der Waals surface area contributed by atoms with E-state index in [-0.39, 0.29) is 0 Å². The van der Waals surface area contributed by atoms with E-state index in [9.17, 15) is 0 Å². The molecule has 0 aliphatic carbocycles. The van der Waals surface area contributed by atoms with Crippen LogP contribution in [0.1, 0.15) is 0 Å². The molecular weight excluding hydrogens is 346 g/mol. The van der Waals surface area contributed by atoms with Crippen LogP contribution in [0, 0.1) is 0 Å². The molecular formula is C12H15Br2N3. The van der Waals surface area contributed by atoms with Crippen LogP contribution in [0.5, 0.6) is 0 Å². The fourth-order valence-electron chi connectivity index (χ4n) is 1.93. The van der Waals surface area contributed by atoms with Gasteiger partial charge < -0.3 is 4.90 Å². The highest BCUT2D eigenvalue weighted by Gasteiger charge is 2.17. The molecule has 0 bridgehead atoms. The van der Waals surface area contributed by atoms with Crippen molar-refractivity contribution in [2.45, 2.75) is 0 Å². The van der Waals surface area contributed by atoms with Gasteiger partial charge >= 0.3 is 0 Å². The first-order chi connectivity index (χ1) is 8.15. The first-order valence-electron chi connectivity index (χ1n) is 5.57. The number of nitrogens with zero attached hydrogens (tertiary/aromatic N) is 3. The highest BCUT2D eigenvalue weighted by atomic mass is 79.9. The second-order valence-corrected chi connectivity index (χ2v) is 6.15. The van der Waals surface area contributed by atoms with Crippen molar-refractivity contribution < 1.29 is 0 Å². The van der Waals surface area contributed by atoms with Crippen LogP contribution < -0.4 is 4.90 Å². The second kappa shape index (κ2) is 5.98. The number of hydrogen-bond acceptors (Lipinski definition) is 3. The minimum absolute atomic E-state index is 0.932. The summed E-state index contributed by atoms with van der Waals surface area (Å²) in [5.41, 5.74) is 0. The Morgan fingerprint density at radius 2 is 2.00 bits per heavy atom. The third-order valence-electron chi connectivity index (χ3n) is 2.80. The summed E-state index contributed by atoms with van der Waals surface area (Å²) in [6, 6.07) is 4.10. The minimum Gasteiger partial charge on any atom is -0.354 e. The Morgan fingerprint density at radius 1 is 1.29 bits per heavy atom. The largest absolute Gasteiger partial charge is 0.354 e. The summed E-state index contributed by atoms with van der Waals surface area (Å²) < 4.78 is 2.07. The zero-order valence-corrected chi connectivity index (χ0v) is 12.7. The van der Waals surface area contributed by atoms with Gasteiger partial charge in [0.25, 0.3) is 0 Å². The molecule has 0 N–H and O–H groups in total. The van der Waals surface area contributed by atoms with Crippen molar-refractivity contribution in [3.63, 3.8) is 0 Å². The van der Waals surface area contributed by atoms with Gasteiger partial charge in [0.1, 0.15) is 5.82 Å². The molecule has 0 saturated carbocycles. The first kappa shape index (κ1) is 13.1. The van der Waals surface area contributed by atoms with E-state index in [1.165, 1.54) is 0 Å². The molecule has 5 heteroatoms. The van der Waals surface area contributed by atoms with Gasteiger partial charge in [-0.25, -0.2) is 4.98 Å². The smallest absolute Gasteiger partial charge is 0.128 e. The van der Waals surface area contributed by atoms with E-state index in [1.54, 1.807) is 0 Å². The lowest BCUT2D eigenvalue weighted by molar-refractivity contribution is 0.282. The monoisotopic (exact) mass is 359 g/mol. The maximum Gasteiger partial charge on any atom is 0.128 e. The number of aromatic nitrogens is 1. The fourth-order valence-corrected chi connectivity index (χ4v) is 2.52. The van der Waals surface area contributed by atoms with Gasteiger partial charge in [-0.15, -0.1) is 0 Å². The van der Waals surface area contributed by atoms with Gasteiger partial charge in [-0.05, 0) is 28.1 Å². The van der Waals surface area contributed by atoms with Crippen molar-refractivity contribution in [2.24, 2.45) is 0 Å². The molecule has 0 aromatic carbocycles. The third kappa shape index (κ3) is 3.79. The van der Waals surface area contributed by atoms with Gasteiger partial charge in [-0.3, -0.25) is 4.90 Å². The summed E-state index contributed by atoms with van der Waals surface area (Å²) in [6.45, 7) is 8.97. The van der Waals surface area contributed by atoms with E-state index in [2.05, 4.69) is 59.3 Å². The predicted molar refractivity (Wildman–Crippen MR) is 78.7 cm³/mol. The first-order valence-corrected chi connectivity index (χ1v) is 7.16. The molecule has 0 radical (unpaired) electrons. The van der Waals surface area contributed by atoms with Crippen LogP contribution in [-0.2, 0) is 0 Å². The lowest BCUT2D eigenvalue weighted by atomic mass is 10.3. The van der Waals surface area contributed by atoms with Gasteiger partial charge in [-0.1, -0.05) is 22.5 Å². The van der Waals surface area contributed by atoms with Gasteiger partial charge in [0.15, 0.2) is 0 Å². The molecule has 0 spiro atoms. The lowest BCUT2D eigenvalue weighted by Gasteiger charge is -2.35. The molecule has 1 aromatic heterocycles. The Balaban J connectivity index is 1.90. The molecule has 17 heavy (non-hydrogen) atoms. The van der Waals surface area contributed by atoms with Crippen LogP contribution in [-0.4, -0.2) is 42.6 Å². The molecule has 92 valence electrons. The summed E-state index contributed by atoms with van der Waals surface area (Å²) in [7, 11) is 0. The average molecular weight is 361 g/mol. The summed E-state index contributed by atoms with van der Waals surface area (Å²) >= 11 is 6.81. The van der Waals surface area contributed by atoms with E-state index in [4.69, 9.17) is 0 Å². The summed E-state index contributed by atoms with van der Waals surface area (Å²) in [4.78, 5) is 9.14. The number of rotatable bonds is 3. The lowest BCUT2D eigenvalue weighted by Crippen LogP contribution is -2.46. The molecule has 1 fully saturated rings. The Bertz CT molecular complexity index is 383. The van der Waals surface area contributed by atoms with Crippen molar-refractivity contribution >= 4 is 37.7 Å².